The van der Waals surface area contributed by atoms with Gasteiger partial charge in [-0.1, -0.05) is 24.3 Å². The molecule has 4 rings (SSSR count). The molecule has 0 spiro atoms. The van der Waals surface area contributed by atoms with Gasteiger partial charge in [0, 0.05) is 30.7 Å². The Balaban J connectivity index is 1.33. The van der Waals surface area contributed by atoms with E-state index in [-0.39, 0.29) is 11.7 Å². The second-order valence-electron chi connectivity index (χ2n) is 6.60. The monoisotopic (exact) mass is 402 g/mol. The fraction of sp³-hybridized carbons (Fsp3) is 0.0870. The number of hydrogen-bond donors (Lipinski definition) is 1. The van der Waals surface area contributed by atoms with E-state index in [1.54, 1.807) is 53.5 Å². The zero-order valence-corrected chi connectivity index (χ0v) is 16.0. The molecule has 0 aliphatic rings. The minimum absolute atomic E-state index is 0.210. The number of rotatable bonds is 7. The molecule has 0 atom stereocenters. The van der Waals surface area contributed by atoms with Crippen molar-refractivity contribution in [1.29, 1.82) is 0 Å². The van der Waals surface area contributed by atoms with Gasteiger partial charge in [-0.15, -0.1) is 0 Å². The Kier molecular flexibility index (Phi) is 5.80. The van der Waals surface area contributed by atoms with E-state index >= 15 is 0 Å². The van der Waals surface area contributed by atoms with Crippen molar-refractivity contribution in [3.05, 3.63) is 108 Å². The molecule has 4 aromatic rings. The summed E-state index contributed by atoms with van der Waals surface area (Å²) >= 11 is 0. The van der Waals surface area contributed by atoms with E-state index < -0.39 is 0 Å². The number of halogens is 1. The lowest BCUT2D eigenvalue weighted by Crippen LogP contribution is -2.22. The van der Waals surface area contributed by atoms with E-state index in [1.165, 1.54) is 12.1 Å². The standard InChI is InChI=1S/C23H19FN4O2/c24-20-8-5-17(6-9-20)16-30-21-4-1-3-19(13-21)23(29)26-15-18-7-10-22(25-14-18)28-12-2-11-27-28/h1-14H,15-16H2,(H,26,29). The van der Waals surface area contributed by atoms with Crippen molar-refractivity contribution in [2.24, 2.45) is 0 Å². The molecule has 1 N–H and O–H groups in total. The van der Waals surface area contributed by atoms with E-state index in [9.17, 15) is 9.18 Å². The Morgan fingerprint density at radius 1 is 1.03 bits per heavy atom. The van der Waals surface area contributed by atoms with Crippen LogP contribution in [0.2, 0.25) is 0 Å². The first-order valence-electron chi connectivity index (χ1n) is 9.38. The van der Waals surface area contributed by atoms with Gasteiger partial charge in [-0.05, 0) is 53.6 Å². The number of pyridine rings is 1. The second kappa shape index (κ2) is 9.00. The van der Waals surface area contributed by atoms with Crippen molar-refractivity contribution >= 4 is 5.91 Å². The summed E-state index contributed by atoms with van der Waals surface area (Å²) in [5.74, 6) is 0.778. The van der Waals surface area contributed by atoms with Gasteiger partial charge in [-0.25, -0.2) is 14.1 Å². The number of nitrogens with one attached hydrogen (secondary N) is 1. The van der Waals surface area contributed by atoms with Crippen molar-refractivity contribution < 1.29 is 13.9 Å². The summed E-state index contributed by atoms with van der Waals surface area (Å²) in [5.41, 5.74) is 2.22. The molecule has 0 unspecified atom stereocenters. The van der Waals surface area contributed by atoms with Crippen molar-refractivity contribution in [2.75, 3.05) is 0 Å². The fourth-order valence-electron chi connectivity index (χ4n) is 2.82. The summed E-state index contributed by atoms with van der Waals surface area (Å²) in [4.78, 5) is 16.8. The molecule has 0 saturated carbocycles. The van der Waals surface area contributed by atoms with Gasteiger partial charge in [0.05, 0.1) is 0 Å². The zero-order chi connectivity index (χ0) is 20.8. The predicted molar refractivity (Wildman–Crippen MR) is 110 cm³/mol. The molecule has 0 aliphatic heterocycles. The smallest absolute Gasteiger partial charge is 0.251 e. The highest BCUT2D eigenvalue weighted by Gasteiger charge is 2.08. The van der Waals surface area contributed by atoms with Crippen LogP contribution in [0, 0.1) is 5.82 Å². The Bertz CT molecular complexity index is 1110. The van der Waals surface area contributed by atoms with Crippen LogP contribution >= 0.6 is 0 Å². The quantitative estimate of drug-likeness (QED) is 0.509. The number of benzene rings is 2. The number of ether oxygens (including phenoxy) is 1. The number of aromatic nitrogens is 3. The average Bonchev–Trinajstić information content (AvgIpc) is 3.33. The second-order valence-corrected chi connectivity index (χ2v) is 6.60. The molecule has 2 aromatic carbocycles. The summed E-state index contributed by atoms with van der Waals surface area (Å²) in [5, 5.41) is 7.01. The Hall–Kier alpha value is -4.00. The van der Waals surface area contributed by atoms with Crippen LogP contribution in [0.3, 0.4) is 0 Å². The fourth-order valence-corrected chi connectivity index (χ4v) is 2.82. The van der Waals surface area contributed by atoms with Crippen LogP contribution < -0.4 is 10.1 Å². The predicted octanol–water partition coefficient (Wildman–Crippen LogP) is 3.92. The highest BCUT2D eigenvalue weighted by molar-refractivity contribution is 5.94. The summed E-state index contributed by atoms with van der Waals surface area (Å²) in [6, 6.07) is 18.6. The molecule has 0 radical (unpaired) electrons. The Morgan fingerprint density at radius 2 is 1.87 bits per heavy atom. The topological polar surface area (TPSA) is 69.0 Å². The lowest BCUT2D eigenvalue weighted by Gasteiger charge is -2.09. The summed E-state index contributed by atoms with van der Waals surface area (Å²) < 4.78 is 20.4. The molecular weight excluding hydrogens is 383 g/mol. The first-order valence-corrected chi connectivity index (χ1v) is 9.38. The summed E-state index contributed by atoms with van der Waals surface area (Å²) in [6.45, 7) is 0.644. The van der Waals surface area contributed by atoms with Crippen molar-refractivity contribution in [1.82, 2.24) is 20.1 Å². The highest BCUT2D eigenvalue weighted by atomic mass is 19.1. The maximum Gasteiger partial charge on any atom is 0.251 e. The van der Waals surface area contributed by atoms with Gasteiger partial charge in [-0.2, -0.15) is 5.10 Å². The first-order chi connectivity index (χ1) is 14.7. The number of carbonyl (C=O) groups excluding carboxylic acids is 1. The third-order valence-electron chi connectivity index (χ3n) is 4.42. The van der Waals surface area contributed by atoms with E-state index in [0.717, 1.165) is 11.1 Å². The van der Waals surface area contributed by atoms with Crippen LogP contribution in [-0.2, 0) is 13.2 Å². The maximum atomic E-state index is 13.0. The minimum Gasteiger partial charge on any atom is -0.489 e. The van der Waals surface area contributed by atoms with Crippen molar-refractivity contribution in [3.63, 3.8) is 0 Å². The van der Waals surface area contributed by atoms with Crippen molar-refractivity contribution in [3.8, 4) is 11.6 Å². The van der Waals surface area contributed by atoms with Crippen LogP contribution in [0.15, 0.2) is 85.3 Å². The SMILES string of the molecule is O=C(NCc1ccc(-n2cccn2)nc1)c1cccc(OCc2ccc(F)cc2)c1. The molecular formula is C23H19FN4O2. The molecule has 0 fully saturated rings. The molecule has 2 heterocycles. The van der Waals surface area contributed by atoms with Gasteiger partial charge in [0.25, 0.3) is 5.91 Å². The van der Waals surface area contributed by atoms with Crippen LogP contribution in [0.1, 0.15) is 21.5 Å². The van der Waals surface area contributed by atoms with Gasteiger partial charge in [0.15, 0.2) is 5.82 Å². The average molecular weight is 402 g/mol. The Labute approximate surface area is 173 Å². The van der Waals surface area contributed by atoms with Gasteiger partial charge < -0.3 is 10.1 Å². The molecule has 30 heavy (non-hydrogen) atoms. The van der Waals surface area contributed by atoms with Crippen LogP contribution in [0.4, 0.5) is 4.39 Å². The molecule has 1 amide bonds. The van der Waals surface area contributed by atoms with E-state index in [1.807, 2.05) is 24.4 Å². The van der Waals surface area contributed by atoms with Crippen LogP contribution in [-0.4, -0.2) is 20.7 Å². The number of nitrogens with zero attached hydrogens (tertiary/aromatic N) is 3. The maximum absolute atomic E-state index is 13.0. The first kappa shape index (κ1) is 19.3. The zero-order valence-electron chi connectivity index (χ0n) is 16.0. The largest absolute Gasteiger partial charge is 0.489 e. The summed E-state index contributed by atoms with van der Waals surface area (Å²) in [6.07, 6.45) is 5.21. The molecule has 0 bridgehead atoms. The van der Waals surface area contributed by atoms with E-state index in [0.29, 0.717) is 30.3 Å². The highest BCUT2D eigenvalue weighted by Crippen LogP contribution is 2.16. The molecule has 7 heteroatoms. The van der Waals surface area contributed by atoms with Gasteiger partial charge in [0.2, 0.25) is 0 Å². The Morgan fingerprint density at radius 3 is 2.60 bits per heavy atom. The molecule has 150 valence electrons. The normalized spacial score (nSPS) is 10.6. The number of hydrogen-bond acceptors (Lipinski definition) is 4. The summed E-state index contributed by atoms with van der Waals surface area (Å²) in [7, 11) is 0. The molecule has 0 saturated heterocycles. The number of amides is 1. The molecule has 0 aliphatic carbocycles. The minimum atomic E-state index is -0.288. The van der Waals surface area contributed by atoms with Crippen molar-refractivity contribution in [2.45, 2.75) is 13.2 Å². The number of carbonyl (C=O) groups is 1. The lowest BCUT2D eigenvalue weighted by atomic mass is 10.2. The lowest BCUT2D eigenvalue weighted by molar-refractivity contribution is 0.0950. The third kappa shape index (κ3) is 4.88. The van der Waals surface area contributed by atoms with Gasteiger partial charge in [-0.3, -0.25) is 4.79 Å². The van der Waals surface area contributed by atoms with E-state index in [4.69, 9.17) is 4.74 Å². The van der Waals surface area contributed by atoms with Crippen LogP contribution in [0.25, 0.3) is 5.82 Å². The van der Waals surface area contributed by atoms with E-state index in [2.05, 4.69) is 15.4 Å². The third-order valence-corrected chi connectivity index (χ3v) is 4.42. The van der Waals surface area contributed by atoms with Crippen LogP contribution in [0.5, 0.6) is 5.75 Å². The van der Waals surface area contributed by atoms with Gasteiger partial charge in [0.1, 0.15) is 18.2 Å². The van der Waals surface area contributed by atoms with Gasteiger partial charge >= 0.3 is 0 Å². The molecule has 2 aromatic heterocycles. The molecule has 6 nitrogen and oxygen atoms in total.